The van der Waals surface area contributed by atoms with Gasteiger partial charge < -0.3 is 16.0 Å². The molecule has 1 aliphatic heterocycles. The molecule has 1 heterocycles. The van der Waals surface area contributed by atoms with Crippen molar-refractivity contribution in [3.8, 4) is 0 Å². The summed E-state index contributed by atoms with van der Waals surface area (Å²) in [6, 6.07) is 0.140. The lowest BCUT2D eigenvalue weighted by atomic mass is 9.86. The summed E-state index contributed by atoms with van der Waals surface area (Å²) >= 11 is 0. The van der Waals surface area contributed by atoms with Gasteiger partial charge in [-0.2, -0.15) is 0 Å². The predicted molar refractivity (Wildman–Crippen MR) is 78.0 cm³/mol. The number of primary amides is 1. The lowest BCUT2D eigenvalue weighted by molar-refractivity contribution is -0.137. The van der Waals surface area contributed by atoms with Crippen molar-refractivity contribution >= 4 is 11.8 Å². The van der Waals surface area contributed by atoms with Gasteiger partial charge in [-0.3, -0.25) is 9.59 Å². The van der Waals surface area contributed by atoms with E-state index in [1.807, 2.05) is 0 Å². The Hall–Kier alpha value is -1.10. The molecule has 0 aromatic rings. The van der Waals surface area contributed by atoms with Gasteiger partial charge in [0.05, 0.1) is 6.54 Å². The third-order valence-corrected chi connectivity index (χ3v) is 4.61. The fourth-order valence-corrected chi connectivity index (χ4v) is 3.44. The number of rotatable bonds is 6. The van der Waals surface area contributed by atoms with Crippen molar-refractivity contribution in [3.63, 3.8) is 0 Å². The maximum Gasteiger partial charge on any atom is 0.237 e. The van der Waals surface area contributed by atoms with E-state index in [-0.39, 0.29) is 18.5 Å². The molecule has 1 atom stereocenters. The summed E-state index contributed by atoms with van der Waals surface area (Å²) in [5, 5.41) is 3.24. The van der Waals surface area contributed by atoms with Crippen LogP contribution in [0.3, 0.4) is 0 Å². The first-order valence-corrected chi connectivity index (χ1v) is 7.95. The Labute approximate surface area is 121 Å². The quantitative estimate of drug-likeness (QED) is 0.763. The highest BCUT2D eigenvalue weighted by Crippen LogP contribution is 2.27. The van der Waals surface area contributed by atoms with Gasteiger partial charge in [-0.15, -0.1) is 0 Å². The minimum atomic E-state index is -0.414. The highest BCUT2D eigenvalue weighted by molar-refractivity contribution is 5.84. The monoisotopic (exact) mass is 281 g/mol. The number of hydrogen-bond acceptors (Lipinski definition) is 3. The molecule has 0 spiro atoms. The Morgan fingerprint density at radius 1 is 1.15 bits per heavy atom. The third-order valence-electron chi connectivity index (χ3n) is 4.61. The number of hydrogen-bond donors (Lipinski definition) is 2. The molecule has 1 aliphatic carbocycles. The first kappa shape index (κ1) is 15.3. The number of nitrogens with zero attached hydrogens (tertiary/aromatic N) is 1. The standard InChI is InChI=1S/C15H27N3O2/c16-14(19)11-18(13-8-9-17-10-13)15(20)7-6-12-4-2-1-3-5-12/h12-13,17H,1-11H2,(H2,16,19). The summed E-state index contributed by atoms with van der Waals surface area (Å²) in [4.78, 5) is 25.3. The van der Waals surface area contributed by atoms with Crippen molar-refractivity contribution < 1.29 is 9.59 Å². The van der Waals surface area contributed by atoms with E-state index < -0.39 is 5.91 Å². The summed E-state index contributed by atoms with van der Waals surface area (Å²) in [6.07, 6.45) is 8.91. The molecule has 3 N–H and O–H groups in total. The van der Waals surface area contributed by atoms with Crippen LogP contribution in [0.2, 0.25) is 0 Å². The lowest BCUT2D eigenvalue weighted by Gasteiger charge is -2.28. The third kappa shape index (κ3) is 4.47. The van der Waals surface area contributed by atoms with E-state index >= 15 is 0 Å². The molecule has 1 saturated heterocycles. The Morgan fingerprint density at radius 3 is 2.50 bits per heavy atom. The largest absolute Gasteiger partial charge is 0.368 e. The molecule has 5 nitrogen and oxygen atoms in total. The maximum absolute atomic E-state index is 12.4. The summed E-state index contributed by atoms with van der Waals surface area (Å²) in [5.41, 5.74) is 5.28. The molecule has 0 bridgehead atoms. The van der Waals surface area contributed by atoms with Crippen LogP contribution in [-0.4, -0.2) is 42.4 Å². The fraction of sp³-hybridized carbons (Fsp3) is 0.867. The Bertz CT molecular complexity index is 334. The van der Waals surface area contributed by atoms with Crippen LogP contribution in [0.4, 0.5) is 0 Å². The summed E-state index contributed by atoms with van der Waals surface area (Å²) < 4.78 is 0. The zero-order valence-electron chi connectivity index (χ0n) is 12.3. The second-order valence-electron chi connectivity index (χ2n) is 6.18. The van der Waals surface area contributed by atoms with E-state index in [2.05, 4.69) is 5.32 Å². The lowest BCUT2D eigenvalue weighted by Crippen LogP contribution is -2.46. The molecule has 0 radical (unpaired) electrons. The molecule has 114 valence electrons. The molecule has 1 unspecified atom stereocenters. The molecule has 0 aromatic heterocycles. The van der Waals surface area contributed by atoms with Gasteiger partial charge in [0.2, 0.25) is 11.8 Å². The van der Waals surface area contributed by atoms with Crippen LogP contribution in [-0.2, 0) is 9.59 Å². The summed E-state index contributed by atoms with van der Waals surface area (Å²) in [5.74, 6) is 0.385. The summed E-state index contributed by atoms with van der Waals surface area (Å²) in [7, 11) is 0. The second kappa shape index (κ2) is 7.62. The van der Waals surface area contributed by atoms with Crippen LogP contribution < -0.4 is 11.1 Å². The zero-order chi connectivity index (χ0) is 14.4. The van der Waals surface area contributed by atoms with Crippen LogP contribution in [0.15, 0.2) is 0 Å². The highest BCUT2D eigenvalue weighted by Gasteiger charge is 2.28. The molecule has 2 aliphatic rings. The second-order valence-corrected chi connectivity index (χ2v) is 6.18. The molecule has 20 heavy (non-hydrogen) atoms. The molecule has 2 amide bonds. The molecule has 5 heteroatoms. The maximum atomic E-state index is 12.4. The van der Waals surface area contributed by atoms with Crippen LogP contribution in [0, 0.1) is 5.92 Å². The SMILES string of the molecule is NC(=O)CN(C(=O)CCC1CCCCC1)C1CCNC1. The predicted octanol–water partition coefficient (Wildman–Crippen LogP) is 1.02. The van der Waals surface area contributed by atoms with Crippen LogP contribution in [0.1, 0.15) is 51.4 Å². The summed E-state index contributed by atoms with van der Waals surface area (Å²) in [6.45, 7) is 1.76. The first-order valence-electron chi connectivity index (χ1n) is 7.95. The van der Waals surface area contributed by atoms with E-state index in [4.69, 9.17) is 5.73 Å². The molecule has 1 saturated carbocycles. The van der Waals surface area contributed by atoms with E-state index in [0.717, 1.165) is 25.9 Å². The van der Waals surface area contributed by atoms with Gasteiger partial charge in [-0.05, 0) is 25.3 Å². The van der Waals surface area contributed by atoms with E-state index in [0.29, 0.717) is 12.3 Å². The average Bonchev–Trinajstić information content (AvgIpc) is 2.97. The van der Waals surface area contributed by atoms with Crippen molar-refractivity contribution in [2.24, 2.45) is 11.7 Å². The Kier molecular flexibility index (Phi) is 5.83. The number of carbonyl (C=O) groups is 2. The molecule has 2 rings (SSSR count). The molecule has 2 fully saturated rings. The van der Waals surface area contributed by atoms with Crippen molar-refractivity contribution in [3.05, 3.63) is 0 Å². The smallest absolute Gasteiger partial charge is 0.237 e. The van der Waals surface area contributed by atoms with E-state index in [1.165, 1.54) is 32.1 Å². The molecular weight excluding hydrogens is 254 g/mol. The number of nitrogens with one attached hydrogen (secondary N) is 1. The van der Waals surface area contributed by atoms with Gasteiger partial charge in [-0.25, -0.2) is 0 Å². The van der Waals surface area contributed by atoms with E-state index in [1.54, 1.807) is 4.90 Å². The van der Waals surface area contributed by atoms with Crippen molar-refractivity contribution in [1.29, 1.82) is 0 Å². The van der Waals surface area contributed by atoms with Crippen molar-refractivity contribution in [2.45, 2.75) is 57.4 Å². The van der Waals surface area contributed by atoms with Gasteiger partial charge >= 0.3 is 0 Å². The minimum absolute atomic E-state index is 0.0653. The van der Waals surface area contributed by atoms with Gasteiger partial charge in [0.25, 0.3) is 0 Å². The van der Waals surface area contributed by atoms with Crippen molar-refractivity contribution in [1.82, 2.24) is 10.2 Å². The van der Waals surface area contributed by atoms with Gasteiger partial charge in [-0.1, -0.05) is 32.1 Å². The molecular formula is C15H27N3O2. The van der Waals surface area contributed by atoms with Gasteiger partial charge in [0, 0.05) is 19.0 Å². The minimum Gasteiger partial charge on any atom is -0.368 e. The topological polar surface area (TPSA) is 75.4 Å². The fourth-order valence-electron chi connectivity index (χ4n) is 3.44. The van der Waals surface area contributed by atoms with Crippen LogP contribution >= 0.6 is 0 Å². The first-order chi connectivity index (χ1) is 9.66. The van der Waals surface area contributed by atoms with Crippen LogP contribution in [0.25, 0.3) is 0 Å². The molecule has 0 aromatic carbocycles. The zero-order valence-corrected chi connectivity index (χ0v) is 12.3. The van der Waals surface area contributed by atoms with Crippen LogP contribution in [0.5, 0.6) is 0 Å². The van der Waals surface area contributed by atoms with Gasteiger partial charge in [0.1, 0.15) is 0 Å². The Morgan fingerprint density at radius 2 is 1.90 bits per heavy atom. The number of amides is 2. The normalized spacial score (nSPS) is 23.7. The van der Waals surface area contributed by atoms with Crippen molar-refractivity contribution in [2.75, 3.05) is 19.6 Å². The number of nitrogens with two attached hydrogens (primary N) is 1. The van der Waals surface area contributed by atoms with Gasteiger partial charge in [0.15, 0.2) is 0 Å². The highest BCUT2D eigenvalue weighted by atomic mass is 16.2. The average molecular weight is 281 g/mol. The Balaban J connectivity index is 1.83. The van der Waals surface area contributed by atoms with E-state index in [9.17, 15) is 9.59 Å². The number of carbonyl (C=O) groups excluding carboxylic acids is 2.